The number of ether oxygens (including phenoxy) is 3. The van der Waals surface area contributed by atoms with Gasteiger partial charge in [-0.05, 0) is 25.2 Å². The summed E-state index contributed by atoms with van der Waals surface area (Å²) in [7, 11) is 0. The van der Waals surface area contributed by atoms with Crippen molar-refractivity contribution in [1.29, 1.82) is 0 Å². The molecule has 0 N–H and O–H groups in total. The summed E-state index contributed by atoms with van der Waals surface area (Å²) in [5.41, 5.74) is 0. The highest BCUT2D eigenvalue weighted by molar-refractivity contribution is 5.71. The van der Waals surface area contributed by atoms with Gasteiger partial charge in [-0.15, -0.1) is 0 Å². The molecule has 0 heterocycles. The van der Waals surface area contributed by atoms with Gasteiger partial charge in [0, 0.05) is 19.3 Å². The van der Waals surface area contributed by atoms with Crippen molar-refractivity contribution in [2.24, 2.45) is 5.92 Å². The third-order valence-corrected chi connectivity index (χ3v) is 10.8. The maximum absolute atomic E-state index is 12.7. The molecule has 0 unspecified atom stereocenters. The fourth-order valence-corrected chi connectivity index (χ4v) is 7.16. The van der Waals surface area contributed by atoms with Crippen LogP contribution in [0.3, 0.4) is 0 Å². The maximum Gasteiger partial charge on any atom is 0.306 e. The lowest BCUT2D eigenvalue weighted by Gasteiger charge is -2.18. The molecule has 0 radical (unpaired) electrons. The fraction of sp³-hybridized carbons (Fsp3) is 0.938. The first kappa shape index (κ1) is 52.4. The number of hydrogen-bond donors (Lipinski definition) is 0. The molecule has 0 spiro atoms. The zero-order valence-corrected chi connectivity index (χ0v) is 36.7. The molecule has 6 heteroatoms. The molecule has 0 saturated carbocycles. The first-order chi connectivity index (χ1) is 26.4. The second-order valence-electron chi connectivity index (χ2n) is 16.9. The van der Waals surface area contributed by atoms with Crippen molar-refractivity contribution in [2.45, 2.75) is 271 Å². The van der Waals surface area contributed by atoms with E-state index in [9.17, 15) is 14.4 Å². The predicted octanol–water partition coefficient (Wildman–Crippen LogP) is 15.1. The number of unbranched alkanes of at least 4 members (excludes halogenated alkanes) is 30. The summed E-state index contributed by atoms with van der Waals surface area (Å²) in [6, 6.07) is 0. The summed E-state index contributed by atoms with van der Waals surface area (Å²) < 4.78 is 16.7. The van der Waals surface area contributed by atoms with Crippen molar-refractivity contribution in [3.8, 4) is 0 Å². The van der Waals surface area contributed by atoms with Gasteiger partial charge >= 0.3 is 17.9 Å². The second kappa shape index (κ2) is 42.6. The molecule has 0 aromatic rings. The van der Waals surface area contributed by atoms with Crippen molar-refractivity contribution in [1.82, 2.24) is 0 Å². The lowest BCUT2D eigenvalue weighted by molar-refractivity contribution is -0.167. The highest BCUT2D eigenvalue weighted by Crippen LogP contribution is 2.17. The Morgan fingerprint density at radius 3 is 0.907 bits per heavy atom. The molecular weight excluding hydrogens is 673 g/mol. The minimum atomic E-state index is -0.758. The molecule has 0 saturated heterocycles. The highest BCUT2D eigenvalue weighted by Gasteiger charge is 2.19. The van der Waals surface area contributed by atoms with Crippen molar-refractivity contribution >= 4 is 17.9 Å². The van der Waals surface area contributed by atoms with E-state index < -0.39 is 6.10 Å². The van der Waals surface area contributed by atoms with E-state index in [4.69, 9.17) is 14.2 Å². The molecule has 6 nitrogen and oxygen atoms in total. The minimum absolute atomic E-state index is 0.0637. The van der Waals surface area contributed by atoms with Crippen molar-refractivity contribution in [3.63, 3.8) is 0 Å². The Hall–Kier alpha value is -1.59. The normalized spacial score (nSPS) is 11.9. The van der Waals surface area contributed by atoms with Crippen LogP contribution in [-0.4, -0.2) is 37.2 Å². The Kier molecular flexibility index (Phi) is 41.3. The van der Waals surface area contributed by atoms with E-state index in [0.717, 1.165) is 63.7 Å². The molecule has 0 aromatic carbocycles. The van der Waals surface area contributed by atoms with Crippen LogP contribution in [0.15, 0.2) is 0 Å². The molecule has 0 rings (SSSR count). The molecule has 320 valence electrons. The molecule has 0 aromatic heterocycles. The van der Waals surface area contributed by atoms with E-state index in [2.05, 4.69) is 27.7 Å². The van der Waals surface area contributed by atoms with Gasteiger partial charge in [0.25, 0.3) is 0 Å². The first-order valence-corrected chi connectivity index (χ1v) is 23.9. The Bertz CT molecular complexity index is 811. The van der Waals surface area contributed by atoms with Gasteiger partial charge in [-0.1, -0.05) is 227 Å². The summed E-state index contributed by atoms with van der Waals surface area (Å²) in [4.78, 5) is 37.6. The van der Waals surface area contributed by atoms with Gasteiger partial charge in [0.15, 0.2) is 6.10 Å². The van der Waals surface area contributed by atoms with E-state index in [1.165, 1.54) is 161 Å². The standard InChI is InChI=1S/C48H92O6/c1-5-7-9-11-13-14-20-24-28-32-36-40-47(50)53-43-45(42-52-46(49)39-35-31-26-12-10-8-6-2)54-48(51)41-37-33-29-25-22-19-17-15-16-18-21-23-27-30-34-38-44(3)4/h44-45H,5-43H2,1-4H3/t45-/m0/s1. The fourth-order valence-electron chi connectivity index (χ4n) is 7.16. The molecular formula is C48H92O6. The monoisotopic (exact) mass is 765 g/mol. The van der Waals surface area contributed by atoms with E-state index in [0.29, 0.717) is 19.3 Å². The Morgan fingerprint density at radius 2 is 0.611 bits per heavy atom. The van der Waals surface area contributed by atoms with Crippen LogP contribution in [-0.2, 0) is 28.6 Å². The van der Waals surface area contributed by atoms with Crippen LogP contribution < -0.4 is 0 Å². The van der Waals surface area contributed by atoms with Crippen LogP contribution in [0.25, 0.3) is 0 Å². The zero-order valence-electron chi connectivity index (χ0n) is 36.7. The Morgan fingerprint density at radius 1 is 0.352 bits per heavy atom. The first-order valence-electron chi connectivity index (χ1n) is 23.9. The predicted molar refractivity (Wildman–Crippen MR) is 229 cm³/mol. The molecule has 0 amide bonds. The summed E-state index contributed by atoms with van der Waals surface area (Å²) >= 11 is 0. The van der Waals surface area contributed by atoms with Crippen molar-refractivity contribution < 1.29 is 28.6 Å². The van der Waals surface area contributed by atoms with Crippen LogP contribution in [0.4, 0.5) is 0 Å². The highest BCUT2D eigenvalue weighted by atomic mass is 16.6. The van der Waals surface area contributed by atoms with Crippen LogP contribution in [0.2, 0.25) is 0 Å². The van der Waals surface area contributed by atoms with Gasteiger partial charge in [-0.2, -0.15) is 0 Å². The number of rotatable bonds is 43. The van der Waals surface area contributed by atoms with E-state index in [1.54, 1.807) is 0 Å². The molecule has 0 aliphatic heterocycles. The van der Waals surface area contributed by atoms with Crippen LogP contribution in [0.1, 0.15) is 265 Å². The third-order valence-electron chi connectivity index (χ3n) is 10.8. The average Bonchev–Trinajstić information content (AvgIpc) is 3.15. The molecule has 0 fully saturated rings. The van der Waals surface area contributed by atoms with Crippen molar-refractivity contribution in [3.05, 3.63) is 0 Å². The van der Waals surface area contributed by atoms with Gasteiger partial charge in [-0.3, -0.25) is 14.4 Å². The SMILES string of the molecule is CCCCCCCCCCCCCC(=O)OC[C@H](COC(=O)CCCCCCCCC)OC(=O)CCCCCCCCCCCCCCCCCC(C)C. The topological polar surface area (TPSA) is 78.9 Å². The minimum Gasteiger partial charge on any atom is -0.462 e. The van der Waals surface area contributed by atoms with Gasteiger partial charge < -0.3 is 14.2 Å². The van der Waals surface area contributed by atoms with Gasteiger partial charge in [-0.25, -0.2) is 0 Å². The molecule has 0 aliphatic carbocycles. The maximum atomic E-state index is 12.7. The zero-order chi connectivity index (χ0) is 39.6. The van der Waals surface area contributed by atoms with Gasteiger partial charge in [0.05, 0.1) is 0 Å². The summed E-state index contributed by atoms with van der Waals surface area (Å²) in [5.74, 6) is -0.00942. The smallest absolute Gasteiger partial charge is 0.306 e. The van der Waals surface area contributed by atoms with E-state index >= 15 is 0 Å². The van der Waals surface area contributed by atoms with E-state index in [-0.39, 0.29) is 31.1 Å². The molecule has 0 bridgehead atoms. The summed E-state index contributed by atoms with van der Waals surface area (Å²) in [6.45, 7) is 8.98. The summed E-state index contributed by atoms with van der Waals surface area (Å²) in [5, 5.41) is 0. The second-order valence-corrected chi connectivity index (χ2v) is 16.9. The number of hydrogen-bond acceptors (Lipinski definition) is 6. The van der Waals surface area contributed by atoms with E-state index in [1.807, 2.05) is 0 Å². The third kappa shape index (κ3) is 41.6. The molecule has 0 aliphatic rings. The molecule has 54 heavy (non-hydrogen) atoms. The van der Waals surface area contributed by atoms with Crippen LogP contribution in [0, 0.1) is 5.92 Å². The van der Waals surface area contributed by atoms with Crippen LogP contribution >= 0.6 is 0 Å². The number of carbonyl (C=O) groups is 3. The van der Waals surface area contributed by atoms with Crippen molar-refractivity contribution in [2.75, 3.05) is 13.2 Å². The quantitative estimate of drug-likeness (QED) is 0.0349. The lowest BCUT2D eigenvalue weighted by Crippen LogP contribution is -2.30. The van der Waals surface area contributed by atoms with Gasteiger partial charge in [0.2, 0.25) is 0 Å². The number of esters is 3. The molecule has 1 atom stereocenters. The lowest BCUT2D eigenvalue weighted by atomic mass is 10.0. The van der Waals surface area contributed by atoms with Gasteiger partial charge in [0.1, 0.15) is 13.2 Å². The largest absolute Gasteiger partial charge is 0.462 e. The average molecular weight is 765 g/mol. The van der Waals surface area contributed by atoms with Crippen LogP contribution in [0.5, 0.6) is 0 Å². The summed E-state index contributed by atoms with van der Waals surface area (Å²) in [6.07, 6.45) is 42.4. The number of carbonyl (C=O) groups excluding carboxylic acids is 3. The Labute approximate surface area is 336 Å². The Balaban J connectivity index is 4.20.